The highest BCUT2D eigenvalue weighted by Gasteiger charge is 2.33. The van der Waals surface area contributed by atoms with Gasteiger partial charge < -0.3 is 14.8 Å². The Balaban J connectivity index is 1.81. The zero-order valence-corrected chi connectivity index (χ0v) is 10.4. The molecule has 1 amide bonds. The first-order valence-electron chi connectivity index (χ1n) is 6.38. The number of rotatable bonds is 3. The molecular weight excluding hydrogens is 244 g/mol. The lowest BCUT2D eigenvalue weighted by Gasteiger charge is -2.21. The summed E-state index contributed by atoms with van der Waals surface area (Å²) in [6.07, 6.45) is 2.01. The van der Waals surface area contributed by atoms with E-state index in [1.54, 1.807) is 18.2 Å². The van der Waals surface area contributed by atoms with Gasteiger partial charge in [0.25, 0.3) is 5.91 Å². The van der Waals surface area contributed by atoms with Crippen molar-refractivity contribution in [3.8, 4) is 17.6 Å². The molecule has 1 unspecified atom stereocenters. The molecule has 3 rings (SSSR count). The fraction of sp³-hybridized carbons (Fsp3) is 0.429. The molecule has 0 radical (unpaired) electrons. The molecule has 1 aromatic rings. The highest BCUT2D eigenvalue weighted by atomic mass is 16.6. The maximum Gasteiger partial charge on any atom is 0.256 e. The van der Waals surface area contributed by atoms with Gasteiger partial charge in [0.05, 0.1) is 11.6 Å². The number of ether oxygens (including phenoxy) is 2. The molecule has 98 valence electrons. The van der Waals surface area contributed by atoms with Gasteiger partial charge in [0.15, 0.2) is 11.5 Å². The normalized spacial score (nSPS) is 18.3. The molecule has 1 fully saturated rings. The molecule has 0 spiro atoms. The van der Waals surface area contributed by atoms with E-state index in [4.69, 9.17) is 14.7 Å². The van der Waals surface area contributed by atoms with Crippen molar-refractivity contribution in [2.24, 2.45) is 5.92 Å². The van der Waals surface area contributed by atoms with E-state index >= 15 is 0 Å². The molecular formula is C14H14N2O3. The van der Waals surface area contributed by atoms with Crippen LogP contribution in [-0.2, 0) is 0 Å². The smallest absolute Gasteiger partial charge is 0.256 e. The van der Waals surface area contributed by atoms with Crippen molar-refractivity contribution in [3.63, 3.8) is 0 Å². The summed E-state index contributed by atoms with van der Waals surface area (Å²) in [4.78, 5) is 12.2. The van der Waals surface area contributed by atoms with E-state index in [1.807, 2.05) is 0 Å². The molecule has 0 saturated heterocycles. The third-order valence-corrected chi connectivity index (χ3v) is 3.33. The van der Waals surface area contributed by atoms with Crippen LogP contribution < -0.4 is 14.8 Å². The number of hydrogen-bond donors (Lipinski definition) is 1. The summed E-state index contributed by atoms with van der Waals surface area (Å²) in [5.74, 6) is 1.07. The standard InChI is InChI=1S/C14H14N2O3/c15-8-11(9-4-5-9)16-14(17)10-2-1-3-12-13(10)19-7-6-18-12/h1-3,9,11H,4-7H2,(H,16,17). The van der Waals surface area contributed by atoms with Gasteiger partial charge in [-0.05, 0) is 30.9 Å². The van der Waals surface area contributed by atoms with Crippen LogP contribution in [0.5, 0.6) is 11.5 Å². The summed E-state index contributed by atoms with van der Waals surface area (Å²) in [6, 6.07) is 6.94. The molecule has 1 saturated carbocycles. The summed E-state index contributed by atoms with van der Waals surface area (Å²) in [5.41, 5.74) is 0.429. The SMILES string of the molecule is N#CC(NC(=O)c1cccc2c1OCCO2)C1CC1. The van der Waals surface area contributed by atoms with Crippen molar-refractivity contribution in [3.05, 3.63) is 23.8 Å². The van der Waals surface area contributed by atoms with Gasteiger partial charge in [0.2, 0.25) is 0 Å². The summed E-state index contributed by atoms with van der Waals surface area (Å²) in [5, 5.41) is 11.8. The van der Waals surface area contributed by atoms with Crippen molar-refractivity contribution < 1.29 is 14.3 Å². The number of benzene rings is 1. The lowest BCUT2D eigenvalue weighted by molar-refractivity contribution is 0.0931. The minimum absolute atomic E-state index is 0.277. The Kier molecular flexibility index (Phi) is 3.00. The van der Waals surface area contributed by atoms with Crippen LogP contribution in [0.2, 0.25) is 0 Å². The van der Waals surface area contributed by atoms with Gasteiger partial charge in [-0.2, -0.15) is 5.26 Å². The van der Waals surface area contributed by atoms with E-state index in [1.165, 1.54) is 0 Å². The van der Waals surface area contributed by atoms with Crippen LogP contribution >= 0.6 is 0 Å². The minimum atomic E-state index is -0.409. The lowest BCUT2D eigenvalue weighted by atomic mass is 10.1. The van der Waals surface area contributed by atoms with E-state index in [2.05, 4.69) is 11.4 Å². The van der Waals surface area contributed by atoms with Crippen LogP contribution in [-0.4, -0.2) is 25.2 Å². The summed E-state index contributed by atoms with van der Waals surface area (Å²) in [7, 11) is 0. The largest absolute Gasteiger partial charge is 0.486 e. The van der Waals surface area contributed by atoms with Crippen molar-refractivity contribution >= 4 is 5.91 Å². The highest BCUT2D eigenvalue weighted by Crippen LogP contribution is 2.35. The first kappa shape index (κ1) is 11.8. The fourth-order valence-corrected chi connectivity index (χ4v) is 2.16. The van der Waals surface area contributed by atoms with Crippen LogP contribution in [0.15, 0.2) is 18.2 Å². The van der Waals surface area contributed by atoms with E-state index in [0.29, 0.717) is 36.2 Å². The Morgan fingerprint density at radius 2 is 2.16 bits per heavy atom. The molecule has 5 nitrogen and oxygen atoms in total. The molecule has 5 heteroatoms. The number of nitriles is 1. The zero-order valence-electron chi connectivity index (χ0n) is 10.4. The Morgan fingerprint density at radius 1 is 1.37 bits per heavy atom. The van der Waals surface area contributed by atoms with Crippen LogP contribution in [0, 0.1) is 17.2 Å². The molecule has 2 aliphatic rings. The van der Waals surface area contributed by atoms with Crippen LogP contribution in [0.3, 0.4) is 0 Å². The second-order valence-corrected chi connectivity index (χ2v) is 4.75. The lowest BCUT2D eigenvalue weighted by Crippen LogP contribution is -2.35. The second kappa shape index (κ2) is 4.81. The molecule has 1 heterocycles. The predicted octanol–water partition coefficient (Wildman–Crippen LogP) is 1.49. The van der Waals surface area contributed by atoms with E-state index in [9.17, 15) is 4.79 Å². The van der Waals surface area contributed by atoms with Gasteiger partial charge in [-0.1, -0.05) is 6.07 Å². The number of carbonyl (C=O) groups excluding carboxylic acids is 1. The van der Waals surface area contributed by atoms with Gasteiger partial charge in [-0.25, -0.2) is 0 Å². The molecule has 1 atom stereocenters. The maximum atomic E-state index is 12.2. The van der Waals surface area contributed by atoms with Gasteiger partial charge in [-0.15, -0.1) is 0 Å². The average Bonchev–Trinajstić information content (AvgIpc) is 3.28. The third kappa shape index (κ3) is 2.34. The number of carbonyl (C=O) groups is 1. The summed E-state index contributed by atoms with van der Waals surface area (Å²) >= 11 is 0. The topological polar surface area (TPSA) is 71.4 Å². The zero-order chi connectivity index (χ0) is 13.2. The van der Waals surface area contributed by atoms with Gasteiger partial charge >= 0.3 is 0 Å². The van der Waals surface area contributed by atoms with Gasteiger partial charge in [-0.3, -0.25) is 4.79 Å². The van der Waals surface area contributed by atoms with Crippen molar-refractivity contribution in [1.29, 1.82) is 5.26 Å². The van der Waals surface area contributed by atoms with Crippen LogP contribution in [0.25, 0.3) is 0 Å². The molecule has 1 aliphatic heterocycles. The fourth-order valence-electron chi connectivity index (χ4n) is 2.16. The Bertz CT molecular complexity index is 546. The second-order valence-electron chi connectivity index (χ2n) is 4.75. The average molecular weight is 258 g/mol. The third-order valence-electron chi connectivity index (χ3n) is 3.33. The van der Waals surface area contributed by atoms with Crippen molar-refractivity contribution in [1.82, 2.24) is 5.32 Å². The Hall–Kier alpha value is -2.22. The first-order chi connectivity index (χ1) is 9.29. The van der Waals surface area contributed by atoms with Crippen molar-refractivity contribution in [2.45, 2.75) is 18.9 Å². The number of nitrogens with zero attached hydrogens (tertiary/aromatic N) is 1. The van der Waals surface area contributed by atoms with Gasteiger partial charge in [0.1, 0.15) is 19.3 Å². The Morgan fingerprint density at radius 3 is 2.89 bits per heavy atom. The number of para-hydroxylation sites is 1. The van der Waals surface area contributed by atoms with E-state index in [0.717, 1.165) is 12.8 Å². The van der Waals surface area contributed by atoms with Crippen molar-refractivity contribution in [2.75, 3.05) is 13.2 Å². The summed E-state index contributed by atoms with van der Waals surface area (Å²) in [6.45, 7) is 0.919. The molecule has 1 aliphatic carbocycles. The van der Waals surface area contributed by atoms with Gasteiger partial charge in [0, 0.05) is 0 Å². The number of amides is 1. The van der Waals surface area contributed by atoms with E-state index in [-0.39, 0.29) is 5.91 Å². The molecule has 0 bridgehead atoms. The maximum absolute atomic E-state index is 12.2. The molecule has 0 aromatic heterocycles. The summed E-state index contributed by atoms with van der Waals surface area (Å²) < 4.78 is 10.9. The Labute approximate surface area is 111 Å². The monoisotopic (exact) mass is 258 g/mol. The minimum Gasteiger partial charge on any atom is -0.486 e. The first-order valence-corrected chi connectivity index (χ1v) is 6.38. The van der Waals surface area contributed by atoms with Crippen LogP contribution in [0.4, 0.5) is 0 Å². The molecule has 1 N–H and O–H groups in total. The molecule has 1 aromatic carbocycles. The highest BCUT2D eigenvalue weighted by molar-refractivity contribution is 5.98. The molecule has 19 heavy (non-hydrogen) atoms. The van der Waals surface area contributed by atoms with Crippen LogP contribution in [0.1, 0.15) is 23.2 Å². The number of nitrogens with one attached hydrogen (secondary N) is 1. The van der Waals surface area contributed by atoms with E-state index < -0.39 is 6.04 Å². The number of fused-ring (bicyclic) bond motifs is 1. The number of hydrogen-bond acceptors (Lipinski definition) is 4. The predicted molar refractivity (Wildman–Crippen MR) is 67.0 cm³/mol. The quantitative estimate of drug-likeness (QED) is 0.891.